The molecule has 1 unspecified atom stereocenters. The standard InChI is InChI=1S/C14H17N3OS/c15-14(18)10-4-3-7-17(8-10)9-13-16-11-5-1-2-6-12(11)19-13/h1-2,5-6,10H,3-4,7-9H2,(H2,15,18)/p+1/t10-/m1/s1. The number of piperidine rings is 1. The molecule has 1 fully saturated rings. The van der Waals surface area contributed by atoms with Crippen molar-refractivity contribution in [3.8, 4) is 0 Å². The topological polar surface area (TPSA) is 60.4 Å². The van der Waals surface area contributed by atoms with Crippen LogP contribution in [0.4, 0.5) is 0 Å². The second-order valence-electron chi connectivity index (χ2n) is 5.20. The Balaban J connectivity index is 1.72. The highest BCUT2D eigenvalue weighted by Crippen LogP contribution is 2.21. The van der Waals surface area contributed by atoms with Gasteiger partial charge in [-0.15, -0.1) is 11.3 Å². The van der Waals surface area contributed by atoms with Crippen LogP contribution < -0.4 is 10.6 Å². The van der Waals surface area contributed by atoms with Gasteiger partial charge < -0.3 is 10.6 Å². The van der Waals surface area contributed by atoms with Gasteiger partial charge in [-0.1, -0.05) is 12.1 Å². The predicted molar refractivity (Wildman–Crippen MR) is 75.9 cm³/mol. The maximum atomic E-state index is 11.3. The van der Waals surface area contributed by atoms with Gasteiger partial charge in [0.1, 0.15) is 11.6 Å². The zero-order valence-electron chi connectivity index (χ0n) is 10.8. The zero-order chi connectivity index (χ0) is 13.2. The lowest BCUT2D eigenvalue weighted by Crippen LogP contribution is -3.12. The summed E-state index contributed by atoms with van der Waals surface area (Å²) in [6.45, 7) is 2.87. The normalized spacial score (nSPS) is 23.6. The molecule has 0 spiro atoms. The second-order valence-corrected chi connectivity index (χ2v) is 6.31. The molecule has 1 aromatic carbocycles. The molecule has 1 aromatic heterocycles. The van der Waals surface area contributed by atoms with E-state index in [0.29, 0.717) is 0 Å². The fourth-order valence-electron chi connectivity index (χ4n) is 2.76. The van der Waals surface area contributed by atoms with Crippen molar-refractivity contribution < 1.29 is 9.69 Å². The van der Waals surface area contributed by atoms with Crippen LogP contribution >= 0.6 is 11.3 Å². The predicted octanol–water partition coefficient (Wildman–Crippen LogP) is 0.577. The van der Waals surface area contributed by atoms with E-state index in [1.165, 1.54) is 9.60 Å². The molecular formula is C14H18N3OS+. The van der Waals surface area contributed by atoms with E-state index in [2.05, 4.69) is 11.1 Å². The van der Waals surface area contributed by atoms with E-state index < -0.39 is 0 Å². The molecule has 19 heavy (non-hydrogen) atoms. The quantitative estimate of drug-likeness (QED) is 0.861. The third-order valence-corrected chi connectivity index (χ3v) is 4.80. The Labute approximate surface area is 116 Å². The van der Waals surface area contributed by atoms with Crippen LogP contribution in [0.1, 0.15) is 17.8 Å². The molecule has 1 saturated heterocycles. The number of nitrogens with two attached hydrogens (primary N) is 1. The van der Waals surface area contributed by atoms with Crippen molar-refractivity contribution in [2.45, 2.75) is 19.4 Å². The van der Waals surface area contributed by atoms with Gasteiger partial charge in [-0.25, -0.2) is 4.98 Å². The summed E-state index contributed by atoms with van der Waals surface area (Å²) >= 11 is 1.75. The molecule has 2 aromatic rings. The van der Waals surface area contributed by atoms with Gasteiger partial charge in [-0.05, 0) is 25.0 Å². The van der Waals surface area contributed by atoms with Crippen molar-refractivity contribution >= 4 is 27.5 Å². The molecule has 3 N–H and O–H groups in total. The number of quaternary nitrogens is 1. The Kier molecular flexibility index (Phi) is 3.48. The number of likely N-dealkylation sites (tertiary alicyclic amines) is 1. The lowest BCUT2D eigenvalue weighted by Gasteiger charge is -2.27. The first-order valence-corrected chi connectivity index (χ1v) is 7.51. The van der Waals surface area contributed by atoms with Gasteiger partial charge in [0.05, 0.1) is 29.2 Å². The lowest BCUT2D eigenvalue weighted by molar-refractivity contribution is -0.921. The molecule has 1 aliphatic heterocycles. The van der Waals surface area contributed by atoms with Crippen LogP contribution in [0.2, 0.25) is 0 Å². The van der Waals surface area contributed by atoms with Crippen LogP contribution in [-0.2, 0) is 11.3 Å². The minimum absolute atomic E-state index is 0.0399. The third kappa shape index (κ3) is 2.77. The van der Waals surface area contributed by atoms with Crippen molar-refractivity contribution in [3.05, 3.63) is 29.3 Å². The highest BCUT2D eigenvalue weighted by atomic mass is 32.1. The van der Waals surface area contributed by atoms with Gasteiger partial charge in [-0.2, -0.15) is 0 Å². The molecule has 0 aliphatic carbocycles. The van der Waals surface area contributed by atoms with Crippen molar-refractivity contribution in [2.24, 2.45) is 11.7 Å². The van der Waals surface area contributed by atoms with Gasteiger partial charge in [0.25, 0.3) is 0 Å². The first-order chi connectivity index (χ1) is 9.22. The number of rotatable bonds is 3. The maximum Gasteiger partial charge on any atom is 0.226 e. The minimum Gasteiger partial charge on any atom is -0.369 e. The first kappa shape index (κ1) is 12.6. The highest BCUT2D eigenvalue weighted by molar-refractivity contribution is 7.18. The monoisotopic (exact) mass is 276 g/mol. The molecular weight excluding hydrogens is 258 g/mol. The van der Waals surface area contributed by atoms with Gasteiger partial charge >= 0.3 is 0 Å². The van der Waals surface area contributed by atoms with Gasteiger partial charge in [0.15, 0.2) is 0 Å². The van der Waals surface area contributed by atoms with Crippen LogP contribution in [-0.4, -0.2) is 24.0 Å². The number of carbonyl (C=O) groups is 1. The third-order valence-electron chi connectivity index (χ3n) is 3.76. The van der Waals surface area contributed by atoms with E-state index in [-0.39, 0.29) is 11.8 Å². The number of primary amides is 1. The number of nitrogens with zero attached hydrogens (tertiary/aromatic N) is 1. The molecule has 0 bridgehead atoms. The summed E-state index contributed by atoms with van der Waals surface area (Å²) in [5.74, 6) is -0.111. The summed E-state index contributed by atoms with van der Waals surface area (Å²) in [6, 6.07) is 8.21. The van der Waals surface area contributed by atoms with E-state index in [4.69, 9.17) is 5.73 Å². The Morgan fingerprint density at radius 1 is 1.47 bits per heavy atom. The van der Waals surface area contributed by atoms with Crippen LogP contribution in [0.5, 0.6) is 0 Å². The van der Waals surface area contributed by atoms with Gasteiger partial charge in [0.2, 0.25) is 5.91 Å². The summed E-state index contributed by atoms with van der Waals surface area (Å²) in [6.07, 6.45) is 2.02. The first-order valence-electron chi connectivity index (χ1n) is 6.69. The Hall–Kier alpha value is -1.46. The molecule has 0 radical (unpaired) electrons. The van der Waals surface area contributed by atoms with Crippen LogP contribution in [0.25, 0.3) is 10.2 Å². The van der Waals surface area contributed by atoms with E-state index in [1.807, 2.05) is 18.2 Å². The fourth-order valence-corrected chi connectivity index (χ4v) is 3.80. The molecule has 100 valence electrons. The summed E-state index contributed by atoms with van der Waals surface area (Å²) < 4.78 is 1.24. The number of para-hydroxylation sites is 1. The van der Waals surface area contributed by atoms with E-state index in [0.717, 1.165) is 43.0 Å². The van der Waals surface area contributed by atoms with Crippen molar-refractivity contribution in [2.75, 3.05) is 13.1 Å². The number of hydrogen-bond donors (Lipinski definition) is 2. The maximum absolute atomic E-state index is 11.3. The number of carbonyl (C=O) groups excluding carboxylic acids is 1. The smallest absolute Gasteiger partial charge is 0.226 e. The summed E-state index contributed by atoms with van der Waals surface area (Å²) in [7, 11) is 0. The Morgan fingerprint density at radius 3 is 3.11 bits per heavy atom. The summed E-state index contributed by atoms with van der Waals surface area (Å²) in [5.41, 5.74) is 6.49. The Morgan fingerprint density at radius 2 is 2.32 bits per heavy atom. The molecule has 0 saturated carbocycles. The van der Waals surface area contributed by atoms with Crippen molar-refractivity contribution in [1.82, 2.24) is 4.98 Å². The van der Waals surface area contributed by atoms with Crippen molar-refractivity contribution in [3.63, 3.8) is 0 Å². The van der Waals surface area contributed by atoms with Crippen LogP contribution in [0.15, 0.2) is 24.3 Å². The summed E-state index contributed by atoms with van der Waals surface area (Å²) in [4.78, 5) is 17.4. The van der Waals surface area contributed by atoms with E-state index in [9.17, 15) is 4.79 Å². The largest absolute Gasteiger partial charge is 0.369 e. The molecule has 5 heteroatoms. The zero-order valence-corrected chi connectivity index (χ0v) is 11.6. The number of benzene rings is 1. The molecule has 1 amide bonds. The van der Waals surface area contributed by atoms with Gasteiger partial charge in [-0.3, -0.25) is 4.79 Å². The minimum atomic E-state index is -0.151. The molecule has 2 heterocycles. The van der Waals surface area contributed by atoms with Crippen LogP contribution in [0, 0.1) is 5.92 Å². The average Bonchev–Trinajstić information content (AvgIpc) is 2.81. The fraction of sp³-hybridized carbons (Fsp3) is 0.429. The number of aromatic nitrogens is 1. The SMILES string of the molecule is NC(=O)[C@@H]1CCC[NH+](Cc2nc3ccccc3s2)C1. The van der Waals surface area contributed by atoms with Crippen molar-refractivity contribution in [1.29, 1.82) is 0 Å². The molecule has 1 aliphatic rings. The average molecular weight is 276 g/mol. The number of fused-ring (bicyclic) bond motifs is 1. The highest BCUT2D eigenvalue weighted by Gasteiger charge is 2.27. The van der Waals surface area contributed by atoms with Gasteiger partial charge in [0, 0.05) is 0 Å². The van der Waals surface area contributed by atoms with E-state index >= 15 is 0 Å². The number of nitrogens with one attached hydrogen (secondary N) is 1. The summed E-state index contributed by atoms with van der Waals surface area (Å²) in [5, 5.41) is 1.15. The Bertz CT molecular complexity index is 562. The van der Waals surface area contributed by atoms with E-state index in [1.54, 1.807) is 11.3 Å². The molecule has 4 nitrogen and oxygen atoms in total. The molecule has 3 rings (SSSR count). The number of hydrogen-bond acceptors (Lipinski definition) is 3. The number of amides is 1. The lowest BCUT2D eigenvalue weighted by atomic mass is 9.98. The second kappa shape index (κ2) is 5.27. The molecule has 2 atom stereocenters. The number of thiazole rings is 1. The van der Waals surface area contributed by atoms with Crippen LogP contribution in [0.3, 0.4) is 0 Å².